The molecule has 0 radical (unpaired) electrons. The number of ether oxygens (including phenoxy) is 1. The number of amides is 1. The summed E-state index contributed by atoms with van der Waals surface area (Å²) >= 11 is 0. The topological polar surface area (TPSA) is 60.6 Å². The van der Waals surface area contributed by atoms with Crippen molar-refractivity contribution in [2.45, 2.75) is 24.9 Å². The largest absolute Gasteiger partial charge is 0.496 e. The van der Waals surface area contributed by atoms with Crippen LogP contribution in [0.2, 0.25) is 0 Å². The number of aromatic amines is 1. The molecule has 0 spiro atoms. The number of rotatable bonds is 8. The van der Waals surface area contributed by atoms with Crippen molar-refractivity contribution >= 4 is 22.5 Å². The zero-order chi connectivity index (χ0) is 29.9. The number of anilines is 1. The molecule has 4 aromatic carbocycles. The lowest BCUT2D eigenvalue weighted by molar-refractivity contribution is 0.0942. The average Bonchev–Trinajstić information content (AvgIpc) is 3.48. The monoisotopic (exact) mass is 576 g/mol. The maximum Gasteiger partial charge on any atom is 0.252 e. The molecule has 1 aromatic heterocycles. The predicted molar refractivity (Wildman–Crippen MR) is 171 cm³/mol. The van der Waals surface area contributed by atoms with Crippen LogP contribution in [0.25, 0.3) is 22.0 Å². The summed E-state index contributed by atoms with van der Waals surface area (Å²) in [6.07, 6.45) is 2.32. The van der Waals surface area contributed by atoms with Gasteiger partial charge in [-0.05, 0) is 98.0 Å². The molecule has 1 saturated heterocycles. The van der Waals surface area contributed by atoms with Gasteiger partial charge in [0.2, 0.25) is 0 Å². The fourth-order valence-corrected chi connectivity index (χ4v) is 6.06. The molecule has 5 aromatic rings. The predicted octanol–water partition coefficient (Wildman–Crippen LogP) is 7.03. The molecule has 1 aliphatic rings. The molecule has 1 amide bonds. The van der Waals surface area contributed by atoms with Gasteiger partial charge in [-0.25, -0.2) is 4.39 Å². The Morgan fingerprint density at radius 3 is 2.42 bits per heavy atom. The van der Waals surface area contributed by atoms with Crippen molar-refractivity contribution in [1.29, 1.82) is 0 Å². The number of para-hydroxylation sites is 1. The number of halogens is 1. The summed E-state index contributed by atoms with van der Waals surface area (Å²) in [5, 5.41) is 4.14. The van der Waals surface area contributed by atoms with Crippen molar-refractivity contribution in [3.63, 3.8) is 0 Å². The summed E-state index contributed by atoms with van der Waals surface area (Å²) in [5.74, 6) is -0.180. The normalized spacial score (nSPS) is 14.7. The van der Waals surface area contributed by atoms with E-state index in [1.807, 2.05) is 48.5 Å². The summed E-state index contributed by atoms with van der Waals surface area (Å²) in [4.78, 5) is 21.9. The zero-order valence-electron chi connectivity index (χ0n) is 24.8. The van der Waals surface area contributed by atoms with Crippen LogP contribution in [0.3, 0.4) is 0 Å². The number of fused-ring (bicyclic) bond motifs is 1. The highest BCUT2D eigenvalue weighted by molar-refractivity contribution is 5.96. The van der Waals surface area contributed by atoms with Crippen molar-refractivity contribution in [2.75, 3.05) is 39.2 Å². The first-order chi connectivity index (χ1) is 20.9. The molecule has 220 valence electrons. The Morgan fingerprint density at radius 1 is 0.930 bits per heavy atom. The van der Waals surface area contributed by atoms with Gasteiger partial charge in [0.15, 0.2) is 0 Å². The average molecular weight is 577 g/mol. The summed E-state index contributed by atoms with van der Waals surface area (Å²) in [6.45, 7) is 2.09. The Labute approximate surface area is 252 Å². The van der Waals surface area contributed by atoms with E-state index in [1.165, 1.54) is 17.8 Å². The highest BCUT2D eigenvalue weighted by atomic mass is 19.1. The second-order valence-electron chi connectivity index (χ2n) is 11.4. The van der Waals surface area contributed by atoms with E-state index < -0.39 is 11.9 Å². The number of piperidine rings is 1. The summed E-state index contributed by atoms with van der Waals surface area (Å²) in [6, 6.07) is 30.4. The van der Waals surface area contributed by atoms with Crippen LogP contribution < -0.4 is 15.0 Å². The molecule has 6 rings (SSSR count). The van der Waals surface area contributed by atoms with Gasteiger partial charge in [0.1, 0.15) is 11.6 Å². The highest BCUT2D eigenvalue weighted by Crippen LogP contribution is 2.33. The van der Waals surface area contributed by atoms with Gasteiger partial charge >= 0.3 is 0 Å². The van der Waals surface area contributed by atoms with Crippen molar-refractivity contribution in [1.82, 2.24) is 15.2 Å². The lowest BCUT2D eigenvalue weighted by atomic mass is 9.99. The number of benzene rings is 4. The Balaban J connectivity index is 1.25. The number of carbonyl (C=O) groups is 1. The maximum absolute atomic E-state index is 14.5. The number of nitrogens with one attached hydrogen (secondary N) is 2. The highest BCUT2D eigenvalue weighted by Gasteiger charge is 2.24. The van der Waals surface area contributed by atoms with E-state index in [1.54, 1.807) is 19.2 Å². The van der Waals surface area contributed by atoms with E-state index in [-0.39, 0.29) is 5.91 Å². The van der Waals surface area contributed by atoms with Gasteiger partial charge in [-0.15, -0.1) is 0 Å². The third-order valence-electron chi connectivity index (χ3n) is 8.53. The van der Waals surface area contributed by atoms with Crippen LogP contribution in [-0.2, 0) is 0 Å². The number of H-pyrrole nitrogens is 1. The molecule has 0 aliphatic carbocycles. The van der Waals surface area contributed by atoms with E-state index in [0.29, 0.717) is 22.9 Å². The number of hydrogen-bond acceptors (Lipinski definition) is 4. The van der Waals surface area contributed by atoms with Gasteiger partial charge in [0, 0.05) is 47.2 Å². The summed E-state index contributed by atoms with van der Waals surface area (Å²) in [7, 11) is 5.86. The first-order valence-electron chi connectivity index (χ1n) is 14.7. The molecule has 43 heavy (non-hydrogen) atoms. The molecular weight excluding hydrogens is 539 g/mol. The molecule has 0 saturated carbocycles. The lowest BCUT2D eigenvalue weighted by Gasteiger charge is -2.36. The van der Waals surface area contributed by atoms with Crippen LogP contribution >= 0.6 is 0 Å². The van der Waals surface area contributed by atoms with Crippen molar-refractivity contribution < 1.29 is 13.9 Å². The molecule has 1 fully saturated rings. The number of aromatic nitrogens is 1. The van der Waals surface area contributed by atoms with E-state index in [4.69, 9.17) is 4.74 Å². The smallest absolute Gasteiger partial charge is 0.252 e. The molecule has 1 unspecified atom stereocenters. The van der Waals surface area contributed by atoms with Gasteiger partial charge in [-0.3, -0.25) is 4.79 Å². The quantitative estimate of drug-likeness (QED) is 0.208. The Morgan fingerprint density at radius 2 is 1.70 bits per heavy atom. The third kappa shape index (κ3) is 6.13. The Kier molecular flexibility index (Phi) is 8.16. The van der Waals surface area contributed by atoms with Crippen molar-refractivity contribution in [3.8, 4) is 16.9 Å². The van der Waals surface area contributed by atoms with E-state index in [2.05, 4.69) is 58.5 Å². The van der Waals surface area contributed by atoms with Crippen LogP contribution in [-0.4, -0.2) is 56.1 Å². The Hall–Kier alpha value is -4.62. The first-order valence-corrected chi connectivity index (χ1v) is 14.7. The first kappa shape index (κ1) is 28.5. The van der Waals surface area contributed by atoms with E-state index in [9.17, 15) is 9.18 Å². The fourth-order valence-electron chi connectivity index (χ4n) is 6.06. The minimum atomic E-state index is -0.662. The maximum atomic E-state index is 14.5. The molecule has 2 heterocycles. The number of methoxy groups -OCH3 is 1. The van der Waals surface area contributed by atoms with E-state index in [0.717, 1.165) is 53.7 Å². The third-order valence-corrected chi connectivity index (χ3v) is 8.53. The van der Waals surface area contributed by atoms with Crippen LogP contribution in [0.4, 0.5) is 10.1 Å². The molecular formula is C36H37FN4O2. The Bertz CT molecular complexity index is 1690. The molecule has 6 nitrogen and oxygen atoms in total. The summed E-state index contributed by atoms with van der Waals surface area (Å²) in [5.41, 5.74) is 5.93. The molecule has 1 aliphatic heterocycles. The molecule has 2 N–H and O–H groups in total. The number of carbonyl (C=O) groups excluding carboxylic acids is 1. The second-order valence-corrected chi connectivity index (χ2v) is 11.4. The van der Waals surface area contributed by atoms with Gasteiger partial charge < -0.3 is 24.8 Å². The lowest BCUT2D eigenvalue weighted by Crippen LogP contribution is -2.41. The fraction of sp³-hybridized carbons (Fsp3) is 0.250. The van der Waals surface area contributed by atoms with Gasteiger partial charge in [0.05, 0.1) is 13.2 Å². The molecule has 0 bridgehead atoms. The van der Waals surface area contributed by atoms with Crippen molar-refractivity contribution in [3.05, 3.63) is 120 Å². The van der Waals surface area contributed by atoms with Gasteiger partial charge in [0.25, 0.3) is 5.91 Å². The molecule has 1 atom stereocenters. The van der Waals surface area contributed by atoms with Gasteiger partial charge in [-0.1, -0.05) is 42.5 Å². The van der Waals surface area contributed by atoms with Crippen molar-refractivity contribution in [2.24, 2.45) is 0 Å². The van der Waals surface area contributed by atoms with Crippen LogP contribution in [0.5, 0.6) is 5.75 Å². The van der Waals surface area contributed by atoms with Gasteiger partial charge in [-0.2, -0.15) is 0 Å². The number of nitrogens with zero attached hydrogens (tertiary/aromatic N) is 2. The van der Waals surface area contributed by atoms with Crippen LogP contribution in [0.15, 0.2) is 97.1 Å². The van der Waals surface area contributed by atoms with Crippen LogP contribution in [0, 0.1) is 5.82 Å². The minimum Gasteiger partial charge on any atom is -0.496 e. The minimum absolute atomic E-state index is 0.266. The summed E-state index contributed by atoms with van der Waals surface area (Å²) < 4.78 is 20.1. The SMILES string of the molecule is COc1ccc(F)cc1C(NC(=O)c1cccc(-c2ccc(N3CCC(N(C)C)CC3)cc2)c1)c1cc2ccccc2[nH]1. The van der Waals surface area contributed by atoms with E-state index >= 15 is 0 Å². The number of hydrogen-bond donors (Lipinski definition) is 2. The molecule has 7 heteroatoms. The van der Waals surface area contributed by atoms with Crippen LogP contribution in [0.1, 0.15) is 40.5 Å². The zero-order valence-corrected chi connectivity index (χ0v) is 24.8. The second kappa shape index (κ2) is 12.3. The standard InChI is InChI=1S/C36H37FN4O2/c1-40(2)29-17-19-41(20-18-29)30-14-11-24(12-15-30)25-8-6-9-27(21-25)36(42)39-35(31-23-28(37)13-16-34(31)43-3)33-22-26-7-4-5-10-32(26)38-33/h4-16,21-23,29,35,38H,17-20H2,1-3H3,(H,39,42).